The molecule has 4 nitrogen and oxygen atoms in total. The first-order valence-electron chi connectivity index (χ1n) is 7.15. The molecule has 0 aromatic carbocycles. The van der Waals surface area contributed by atoms with Crippen LogP contribution in [0.5, 0.6) is 0 Å². The highest BCUT2D eigenvalue weighted by atomic mass is 32.2. The number of hydrogen-bond donors (Lipinski definition) is 2. The van der Waals surface area contributed by atoms with Gasteiger partial charge < -0.3 is 15.2 Å². The third-order valence-electron chi connectivity index (χ3n) is 3.60. The Morgan fingerprint density at radius 2 is 2.17 bits per heavy atom. The van der Waals surface area contributed by atoms with Gasteiger partial charge in [0.2, 0.25) is 0 Å². The summed E-state index contributed by atoms with van der Waals surface area (Å²) in [7, 11) is 0. The third kappa shape index (κ3) is 5.45. The van der Waals surface area contributed by atoms with E-state index in [0.29, 0.717) is 6.54 Å². The smallest absolute Gasteiger partial charge is 0.0791 e. The Morgan fingerprint density at radius 3 is 2.89 bits per heavy atom. The van der Waals surface area contributed by atoms with E-state index in [1.54, 1.807) is 0 Å². The van der Waals surface area contributed by atoms with Crippen molar-refractivity contribution >= 4 is 11.8 Å². The molecule has 2 rings (SSSR count). The highest BCUT2D eigenvalue weighted by molar-refractivity contribution is 7.99. The summed E-state index contributed by atoms with van der Waals surface area (Å²) in [6.45, 7) is 6.05. The summed E-state index contributed by atoms with van der Waals surface area (Å²) in [4.78, 5) is 2.28. The van der Waals surface area contributed by atoms with Gasteiger partial charge >= 0.3 is 0 Å². The second-order valence-electron chi connectivity index (χ2n) is 5.21. The molecule has 0 aromatic rings. The number of nitrogens with one attached hydrogen (secondary N) is 1. The number of aliphatic hydroxyl groups excluding tert-OH is 1. The van der Waals surface area contributed by atoms with Gasteiger partial charge in [-0.2, -0.15) is 11.8 Å². The van der Waals surface area contributed by atoms with Gasteiger partial charge in [0.05, 0.1) is 19.3 Å². The lowest BCUT2D eigenvalue weighted by atomic mass is 10.2. The number of rotatable bonds is 6. The van der Waals surface area contributed by atoms with Gasteiger partial charge in [0.15, 0.2) is 0 Å². The van der Waals surface area contributed by atoms with Crippen molar-refractivity contribution in [2.75, 3.05) is 51.7 Å². The summed E-state index contributed by atoms with van der Waals surface area (Å²) in [6.07, 6.45) is 3.82. The lowest BCUT2D eigenvalue weighted by Crippen LogP contribution is -2.44. The summed E-state index contributed by atoms with van der Waals surface area (Å²) in [5.74, 6) is 1.31. The molecule has 0 radical (unpaired) electrons. The Bertz CT molecular complexity index is 219. The molecular weight excluding hydrogens is 248 g/mol. The van der Waals surface area contributed by atoms with Crippen molar-refractivity contribution in [3.05, 3.63) is 0 Å². The molecule has 0 aromatic heterocycles. The van der Waals surface area contributed by atoms with Gasteiger partial charge in [-0.25, -0.2) is 0 Å². The van der Waals surface area contributed by atoms with Crippen LogP contribution in [0.15, 0.2) is 0 Å². The molecule has 106 valence electrons. The number of nitrogens with zero attached hydrogens (tertiary/aromatic N) is 1. The van der Waals surface area contributed by atoms with Gasteiger partial charge in [0.1, 0.15) is 0 Å². The molecule has 0 spiro atoms. The molecule has 0 aliphatic carbocycles. The second-order valence-corrected chi connectivity index (χ2v) is 6.62. The highest BCUT2D eigenvalue weighted by Crippen LogP contribution is 2.24. The van der Waals surface area contributed by atoms with Crippen LogP contribution in [0.4, 0.5) is 0 Å². The van der Waals surface area contributed by atoms with E-state index in [1.807, 2.05) is 0 Å². The van der Waals surface area contributed by atoms with Gasteiger partial charge in [0, 0.05) is 38.0 Å². The molecule has 5 heteroatoms. The van der Waals surface area contributed by atoms with Crippen LogP contribution in [0.1, 0.15) is 19.3 Å². The van der Waals surface area contributed by atoms with Gasteiger partial charge in [-0.05, 0) is 18.6 Å². The maximum Gasteiger partial charge on any atom is 0.0791 e. The molecule has 0 bridgehead atoms. The molecule has 2 N–H and O–H groups in total. The zero-order valence-corrected chi connectivity index (χ0v) is 12.0. The molecule has 2 aliphatic heterocycles. The lowest BCUT2D eigenvalue weighted by Gasteiger charge is -2.29. The normalized spacial score (nSPS) is 28.2. The Morgan fingerprint density at radius 1 is 1.33 bits per heavy atom. The minimum absolute atomic E-state index is 0.253. The Hall–Kier alpha value is 0.190. The van der Waals surface area contributed by atoms with Crippen molar-refractivity contribution < 1.29 is 9.84 Å². The van der Waals surface area contributed by atoms with E-state index in [-0.39, 0.29) is 6.10 Å². The summed E-state index contributed by atoms with van der Waals surface area (Å²) in [5.41, 5.74) is 0. The van der Waals surface area contributed by atoms with E-state index < -0.39 is 0 Å². The third-order valence-corrected chi connectivity index (χ3v) is 5.00. The summed E-state index contributed by atoms with van der Waals surface area (Å²) >= 11 is 2.08. The van der Waals surface area contributed by atoms with Crippen LogP contribution in [0.3, 0.4) is 0 Å². The van der Waals surface area contributed by atoms with E-state index in [2.05, 4.69) is 22.0 Å². The van der Waals surface area contributed by atoms with Gasteiger partial charge in [-0.3, -0.25) is 4.90 Å². The van der Waals surface area contributed by atoms with E-state index in [1.165, 1.54) is 25.0 Å². The number of hydrogen-bond acceptors (Lipinski definition) is 5. The van der Waals surface area contributed by atoms with E-state index in [4.69, 9.17) is 4.74 Å². The van der Waals surface area contributed by atoms with Crippen molar-refractivity contribution in [1.29, 1.82) is 0 Å². The molecule has 0 amide bonds. The van der Waals surface area contributed by atoms with E-state index in [0.717, 1.165) is 44.6 Å². The minimum atomic E-state index is -0.253. The number of morpholine rings is 1. The van der Waals surface area contributed by atoms with Gasteiger partial charge in [-0.1, -0.05) is 6.42 Å². The summed E-state index contributed by atoms with van der Waals surface area (Å²) < 4.78 is 5.30. The molecule has 2 aliphatic rings. The quantitative estimate of drug-likeness (QED) is 0.741. The Kier molecular flexibility index (Phi) is 6.79. The number of ether oxygens (including phenoxy) is 1. The largest absolute Gasteiger partial charge is 0.390 e. The molecule has 2 unspecified atom stereocenters. The fourth-order valence-corrected chi connectivity index (χ4v) is 3.80. The first-order valence-corrected chi connectivity index (χ1v) is 8.20. The predicted octanol–water partition coefficient (Wildman–Crippen LogP) is 0.555. The topological polar surface area (TPSA) is 44.7 Å². The maximum atomic E-state index is 9.98. The molecule has 2 saturated heterocycles. The average molecular weight is 274 g/mol. The fraction of sp³-hybridized carbons (Fsp3) is 1.00. The van der Waals surface area contributed by atoms with Gasteiger partial charge in [0.25, 0.3) is 0 Å². The van der Waals surface area contributed by atoms with Gasteiger partial charge in [-0.15, -0.1) is 0 Å². The van der Waals surface area contributed by atoms with Crippen molar-refractivity contribution in [3.63, 3.8) is 0 Å². The molecule has 0 saturated carbocycles. The van der Waals surface area contributed by atoms with Crippen molar-refractivity contribution in [2.24, 2.45) is 0 Å². The zero-order valence-electron chi connectivity index (χ0n) is 11.1. The first-order chi connectivity index (χ1) is 8.84. The Labute approximate surface area is 114 Å². The van der Waals surface area contributed by atoms with E-state index in [9.17, 15) is 5.11 Å². The van der Waals surface area contributed by atoms with Crippen LogP contribution in [0.2, 0.25) is 0 Å². The van der Waals surface area contributed by atoms with Crippen molar-refractivity contribution in [2.45, 2.75) is 30.6 Å². The zero-order chi connectivity index (χ0) is 12.6. The first kappa shape index (κ1) is 14.6. The van der Waals surface area contributed by atoms with Crippen LogP contribution in [-0.4, -0.2) is 73.1 Å². The van der Waals surface area contributed by atoms with Crippen LogP contribution in [0, 0.1) is 0 Å². The summed E-state index contributed by atoms with van der Waals surface area (Å²) in [6, 6.07) is 0. The Balaban J connectivity index is 1.52. The fourth-order valence-electron chi connectivity index (χ4n) is 2.53. The lowest BCUT2D eigenvalue weighted by molar-refractivity contribution is 0.0150. The van der Waals surface area contributed by atoms with Crippen LogP contribution in [-0.2, 0) is 4.74 Å². The minimum Gasteiger partial charge on any atom is -0.390 e. The molecular formula is C13H26N2O2S. The van der Waals surface area contributed by atoms with Crippen molar-refractivity contribution in [3.8, 4) is 0 Å². The highest BCUT2D eigenvalue weighted by Gasteiger charge is 2.16. The van der Waals surface area contributed by atoms with E-state index >= 15 is 0 Å². The predicted molar refractivity (Wildman–Crippen MR) is 76.2 cm³/mol. The molecule has 18 heavy (non-hydrogen) atoms. The van der Waals surface area contributed by atoms with Crippen LogP contribution < -0.4 is 5.32 Å². The molecule has 2 atom stereocenters. The number of β-amino-alcohol motifs (C(OH)–C–C–N with tert-alkyl or cyclic N) is 1. The average Bonchev–Trinajstić information content (AvgIpc) is 2.41. The number of thioether (sulfide) groups is 1. The number of aliphatic hydroxyl groups is 1. The SMILES string of the molecule is OC(CNCC1CCCCS1)CN1CCOCC1. The standard InChI is InChI=1S/C13H26N2O2S/c16-12(11-15-4-6-17-7-5-15)9-14-10-13-3-1-2-8-18-13/h12-14,16H,1-11H2. The monoisotopic (exact) mass is 274 g/mol. The second kappa shape index (κ2) is 8.38. The van der Waals surface area contributed by atoms with Crippen LogP contribution >= 0.6 is 11.8 Å². The molecule has 2 heterocycles. The maximum absolute atomic E-state index is 9.98. The molecule has 2 fully saturated rings. The van der Waals surface area contributed by atoms with Crippen LogP contribution in [0.25, 0.3) is 0 Å². The van der Waals surface area contributed by atoms with Crippen molar-refractivity contribution in [1.82, 2.24) is 10.2 Å². The summed E-state index contributed by atoms with van der Waals surface area (Å²) in [5, 5.41) is 14.2.